The number of nitrogens with zero attached hydrogens (tertiary/aromatic N) is 2. The molecule has 0 bridgehead atoms. The summed E-state index contributed by atoms with van der Waals surface area (Å²) < 4.78 is 46.9. The average Bonchev–Trinajstić information content (AvgIpc) is 2.96. The fraction of sp³-hybridized carbons (Fsp3) is 0.438. The summed E-state index contributed by atoms with van der Waals surface area (Å²) >= 11 is 0. The second-order valence-corrected chi connectivity index (χ2v) is 7.72. The van der Waals surface area contributed by atoms with Gasteiger partial charge in [0.05, 0.1) is 17.6 Å². The molecule has 8 heteroatoms. The Morgan fingerprint density at radius 1 is 1.25 bits per heavy atom. The van der Waals surface area contributed by atoms with Crippen molar-refractivity contribution in [1.82, 2.24) is 9.78 Å². The van der Waals surface area contributed by atoms with E-state index in [0.29, 0.717) is 17.2 Å². The molecule has 0 radical (unpaired) electrons. The first kappa shape index (κ1) is 16.9. The van der Waals surface area contributed by atoms with Crippen LogP contribution in [0.3, 0.4) is 0 Å². The lowest BCUT2D eigenvalue weighted by Gasteiger charge is -2.21. The summed E-state index contributed by atoms with van der Waals surface area (Å²) in [7, 11) is -3.57. The molecule has 0 amide bonds. The van der Waals surface area contributed by atoms with Crippen molar-refractivity contribution in [1.29, 1.82) is 0 Å². The fourth-order valence-corrected chi connectivity index (χ4v) is 3.89. The molecule has 1 fully saturated rings. The minimum atomic E-state index is -3.57. The average molecular weight is 353 g/mol. The standard InChI is InChI=1S/C16H20FN3O3S/c17-15-3-1-14(2-4-15)12-24(21,22)19-16-9-18-20(11-16)10-13-5-7-23-8-6-13/h1-4,9,11,13,19H,5-8,10,12H2. The van der Waals surface area contributed by atoms with Crippen LogP contribution in [0.4, 0.5) is 10.1 Å². The van der Waals surface area contributed by atoms with Gasteiger partial charge in [0.2, 0.25) is 10.0 Å². The third-order valence-electron chi connectivity index (χ3n) is 3.96. The van der Waals surface area contributed by atoms with Crippen LogP contribution in [0.1, 0.15) is 18.4 Å². The summed E-state index contributed by atoms with van der Waals surface area (Å²) in [6.45, 7) is 2.29. The molecule has 6 nitrogen and oxygen atoms in total. The molecule has 1 aromatic heterocycles. The lowest BCUT2D eigenvalue weighted by Crippen LogP contribution is -2.20. The molecule has 2 heterocycles. The van der Waals surface area contributed by atoms with Crippen molar-refractivity contribution in [2.24, 2.45) is 5.92 Å². The van der Waals surface area contributed by atoms with Gasteiger partial charge >= 0.3 is 0 Å². The maximum Gasteiger partial charge on any atom is 0.237 e. The summed E-state index contributed by atoms with van der Waals surface area (Å²) in [5, 5.41) is 4.21. The first-order valence-corrected chi connectivity index (χ1v) is 9.50. The largest absolute Gasteiger partial charge is 0.381 e. The predicted molar refractivity (Wildman–Crippen MR) is 88.4 cm³/mol. The van der Waals surface area contributed by atoms with Gasteiger partial charge in [-0.1, -0.05) is 12.1 Å². The molecule has 3 rings (SSSR count). The maximum atomic E-state index is 12.9. The quantitative estimate of drug-likeness (QED) is 0.865. The third kappa shape index (κ3) is 4.78. The molecule has 1 saturated heterocycles. The summed E-state index contributed by atoms with van der Waals surface area (Å²) in [6.07, 6.45) is 5.18. The van der Waals surface area contributed by atoms with Gasteiger partial charge in [0, 0.05) is 26.0 Å². The number of anilines is 1. The highest BCUT2D eigenvalue weighted by molar-refractivity contribution is 7.91. The summed E-state index contributed by atoms with van der Waals surface area (Å²) in [5.41, 5.74) is 0.961. The molecule has 130 valence electrons. The second-order valence-electron chi connectivity index (χ2n) is 5.99. The molecule has 0 aliphatic carbocycles. The Morgan fingerprint density at radius 2 is 1.96 bits per heavy atom. The van der Waals surface area contributed by atoms with Crippen LogP contribution >= 0.6 is 0 Å². The van der Waals surface area contributed by atoms with E-state index in [2.05, 4.69) is 9.82 Å². The van der Waals surface area contributed by atoms with Gasteiger partial charge in [-0.05, 0) is 36.5 Å². The van der Waals surface area contributed by atoms with Crippen LogP contribution in [-0.2, 0) is 27.1 Å². The molecule has 1 aliphatic rings. The number of rotatable bonds is 6. The number of sulfonamides is 1. The van der Waals surface area contributed by atoms with Crippen molar-refractivity contribution in [3.63, 3.8) is 0 Å². The SMILES string of the molecule is O=S(=O)(Cc1ccc(F)cc1)Nc1cnn(CC2CCOCC2)c1. The third-order valence-corrected chi connectivity index (χ3v) is 5.22. The Labute approximate surface area is 140 Å². The van der Waals surface area contributed by atoms with Crippen LogP contribution in [0.25, 0.3) is 0 Å². The molecule has 2 aromatic rings. The van der Waals surface area contributed by atoms with Crippen molar-refractivity contribution in [3.8, 4) is 0 Å². The minimum Gasteiger partial charge on any atom is -0.381 e. The molecule has 0 unspecified atom stereocenters. The molecule has 0 saturated carbocycles. The van der Waals surface area contributed by atoms with Gasteiger partial charge in [-0.25, -0.2) is 12.8 Å². The van der Waals surface area contributed by atoms with Gasteiger partial charge in [-0.15, -0.1) is 0 Å². The minimum absolute atomic E-state index is 0.210. The topological polar surface area (TPSA) is 73.2 Å². The fourth-order valence-electron chi connectivity index (χ4n) is 2.73. The van der Waals surface area contributed by atoms with E-state index in [-0.39, 0.29) is 5.75 Å². The van der Waals surface area contributed by atoms with Gasteiger partial charge in [-0.3, -0.25) is 9.40 Å². The van der Waals surface area contributed by atoms with E-state index >= 15 is 0 Å². The van der Waals surface area contributed by atoms with Crippen molar-refractivity contribution < 1.29 is 17.5 Å². The van der Waals surface area contributed by atoms with Gasteiger partial charge in [0.1, 0.15) is 5.82 Å². The molecule has 1 aromatic carbocycles. The Kier molecular flexibility index (Phi) is 5.15. The number of benzene rings is 1. The van der Waals surface area contributed by atoms with Gasteiger partial charge in [-0.2, -0.15) is 5.10 Å². The van der Waals surface area contributed by atoms with E-state index in [0.717, 1.165) is 32.6 Å². The Hall–Kier alpha value is -1.93. The van der Waals surface area contributed by atoms with Crippen molar-refractivity contribution in [3.05, 3.63) is 48.0 Å². The second kappa shape index (κ2) is 7.31. The first-order valence-electron chi connectivity index (χ1n) is 7.85. The lowest BCUT2D eigenvalue weighted by molar-refractivity contribution is 0.0601. The van der Waals surface area contributed by atoms with E-state index in [1.807, 2.05) is 0 Å². The molecule has 24 heavy (non-hydrogen) atoms. The molecule has 1 aliphatic heterocycles. The number of nitrogens with one attached hydrogen (secondary N) is 1. The van der Waals surface area contributed by atoms with Gasteiger partial charge < -0.3 is 4.74 Å². The highest BCUT2D eigenvalue weighted by atomic mass is 32.2. The first-order chi connectivity index (χ1) is 11.5. The monoisotopic (exact) mass is 353 g/mol. The predicted octanol–water partition coefficient (Wildman–Crippen LogP) is 2.39. The van der Waals surface area contributed by atoms with Crippen LogP contribution in [-0.4, -0.2) is 31.4 Å². The zero-order chi connectivity index (χ0) is 17.0. The van der Waals surface area contributed by atoms with Gasteiger partial charge in [0.15, 0.2) is 0 Å². The van der Waals surface area contributed by atoms with Crippen molar-refractivity contribution in [2.45, 2.75) is 25.1 Å². The lowest BCUT2D eigenvalue weighted by atomic mass is 10.0. The molecule has 1 N–H and O–H groups in total. The van der Waals surface area contributed by atoms with Gasteiger partial charge in [0.25, 0.3) is 0 Å². The smallest absolute Gasteiger partial charge is 0.237 e. The van der Waals surface area contributed by atoms with Crippen molar-refractivity contribution >= 4 is 15.7 Å². The maximum absolute atomic E-state index is 12.9. The molecule has 0 spiro atoms. The Balaban J connectivity index is 1.59. The number of hydrogen-bond donors (Lipinski definition) is 1. The normalized spacial score (nSPS) is 16.2. The van der Waals surface area contributed by atoms with Crippen LogP contribution in [0.15, 0.2) is 36.7 Å². The number of aromatic nitrogens is 2. The van der Waals surface area contributed by atoms with Crippen LogP contribution in [0.2, 0.25) is 0 Å². The number of hydrogen-bond acceptors (Lipinski definition) is 4. The molecular weight excluding hydrogens is 333 g/mol. The molecule has 0 atom stereocenters. The highest BCUT2D eigenvalue weighted by Gasteiger charge is 2.16. The Morgan fingerprint density at radius 3 is 2.67 bits per heavy atom. The number of halogens is 1. The number of ether oxygens (including phenoxy) is 1. The van der Waals surface area contributed by atoms with Crippen molar-refractivity contribution in [2.75, 3.05) is 17.9 Å². The zero-order valence-electron chi connectivity index (χ0n) is 13.2. The summed E-state index contributed by atoms with van der Waals surface area (Å²) in [6, 6.07) is 5.42. The van der Waals surface area contributed by atoms with E-state index in [1.54, 1.807) is 10.9 Å². The van der Waals surface area contributed by atoms with E-state index < -0.39 is 15.8 Å². The van der Waals surface area contributed by atoms with Crippen LogP contribution in [0.5, 0.6) is 0 Å². The Bertz CT molecular complexity index is 768. The summed E-state index contributed by atoms with van der Waals surface area (Å²) in [4.78, 5) is 0. The van der Waals surface area contributed by atoms with Crippen LogP contribution < -0.4 is 4.72 Å². The van der Waals surface area contributed by atoms with Crippen LogP contribution in [0, 0.1) is 11.7 Å². The van der Waals surface area contributed by atoms with E-state index in [9.17, 15) is 12.8 Å². The summed E-state index contributed by atoms with van der Waals surface area (Å²) in [5.74, 6) is -0.0980. The highest BCUT2D eigenvalue weighted by Crippen LogP contribution is 2.18. The van der Waals surface area contributed by atoms with E-state index in [1.165, 1.54) is 30.5 Å². The molecular formula is C16H20FN3O3S. The van der Waals surface area contributed by atoms with E-state index in [4.69, 9.17) is 4.74 Å². The zero-order valence-corrected chi connectivity index (χ0v) is 14.0.